The molecule has 8 aromatic carbocycles. The van der Waals surface area contributed by atoms with E-state index in [0.717, 1.165) is 0 Å². The Labute approximate surface area is 509 Å². The Kier molecular flexibility index (Phi) is 30.9. The third-order valence-electron chi connectivity index (χ3n) is 11.1. The van der Waals surface area contributed by atoms with Crippen molar-refractivity contribution in [2.45, 2.75) is 23.7 Å². The molecule has 0 heterocycles. The second kappa shape index (κ2) is 35.1. The first-order valence-electron chi connectivity index (χ1n) is 22.8. The van der Waals surface area contributed by atoms with Crippen molar-refractivity contribution in [2.24, 2.45) is 11.5 Å². The summed E-state index contributed by atoms with van der Waals surface area (Å²) in [6.45, 7) is 1.19. The number of hydrogen-bond donors (Lipinski definition) is 10. The molecule has 403 valence electrons. The molecular formula is C58H52CuN2Na2O16. The van der Waals surface area contributed by atoms with Gasteiger partial charge in [-0.25, -0.2) is 0 Å². The fraction of sp³-hybridized carbons (Fsp3) is 0.103. The molecule has 0 unspecified atom stereocenters. The minimum Gasteiger partial charge on any atom is -0.549 e. The van der Waals surface area contributed by atoms with Crippen LogP contribution in [0.25, 0.3) is 0 Å². The molecule has 0 atom stereocenters. The molecule has 0 aliphatic carbocycles. The van der Waals surface area contributed by atoms with Crippen molar-refractivity contribution in [1.82, 2.24) is 0 Å². The zero-order valence-corrected chi connectivity index (χ0v) is 47.4. The van der Waals surface area contributed by atoms with Crippen molar-refractivity contribution in [2.75, 3.05) is 13.1 Å². The predicted molar refractivity (Wildman–Crippen MR) is 270 cm³/mol. The Balaban J connectivity index is 0.000000508. The summed E-state index contributed by atoms with van der Waals surface area (Å²) >= 11 is 0. The van der Waals surface area contributed by atoms with Gasteiger partial charge in [0, 0.05) is 57.6 Å². The van der Waals surface area contributed by atoms with Crippen LogP contribution in [0.15, 0.2) is 194 Å². The Morgan fingerprint density at radius 2 is 0.380 bits per heavy atom. The second-order valence-electron chi connectivity index (χ2n) is 16.1. The number of para-hydroxylation sites is 8. The number of benzene rings is 8. The van der Waals surface area contributed by atoms with E-state index in [2.05, 4.69) is 0 Å². The molecule has 8 aromatic rings. The average Bonchev–Trinajstić information content (AvgIpc) is 3.40. The molecule has 0 spiro atoms. The van der Waals surface area contributed by atoms with E-state index in [9.17, 15) is 80.5 Å². The molecular weight excluding hydrogens is 1090 g/mol. The maximum absolute atomic E-state index is 11.3. The molecule has 79 heavy (non-hydrogen) atoms. The largest absolute Gasteiger partial charge is 2.00 e. The van der Waals surface area contributed by atoms with Crippen molar-refractivity contribution in [3.8, 4) is 46.0 Å². The van der Waals surface area contributed by atoms with Crippen LogP contribution in [-0.2, 0) is 36.2 Å². The minimum atomic E-state index is -1.38. The first-order chi connectivity index (χ1) is 36.4. The maximum Gasteiger partial charge on any atom is 2.00 e. The summed E-state index contributed by atoms with van der Waals surface area (Å²) in [6.07, 6.45) is 0. The van der Waals surface area contributed by atoms with Gasteiger partial charge in [0.1, 0.15) is 46.0 Å². The standard InChI is InChI=1S/4C14H12O4.C2H8N2.Cu.2Na/c4*15-11-7-3-1-5-9(11)13(14(17)18)10-6-2-4-8-12(10)16;3-1-2-4;;;/h4*1-8,13,15-16H,(H,17,18);1-4H2;;;/q;;;;;+2;2*+1/p-4. The van der Waals surface area contributed by atoms with E-state index in [1.54, 1.807) is 97.1 Å². The van der Waals surface area contributed by atoms with Gasteiger partial charge in [-0.15, -0.1) is 0 Å². The fourth-order valence-corrected chi connectivity index (χ4v) is 7.54. The quantitative estimate of drug-likeness (QED) is 0.0509. The summed E-state index contributed by atoms with van der Waals surface area (Å²) in [5, 5.41) is 123. The first kappa shape index (κ1) is 69.5. The van der Waals surface area contributed by atoms with Crippen molar-refractivity contribution in [1.29, 1.82) is 0 Å². The molecule has 8 rings (SSSR count). The number of phenolic OH excluding ortho intramolecular Hbond substituents is 8. The molecule has 0 amide bonds. The second-order valence-corrected chi connectivity index (χ2v) is 16.1. The molecule has 0 aliphatic rings. The van der Waals surface area contributed by atoms with Crippen LogP contribution in [-0.4, -0.2) is 77.8 Å². The molecule has 0 saturated heterocycles. The number of rotatable bonds is 13. The van der Waals surface area contributed by atoms with Crippen molar-refractivity contribution < 1.29 is 157 Å². The third kappa shape index (κ3) is 19.7. The Morgan fingerprint density at radius 3 is 0.456 bits per heavy atom. The number of carboxylic acids is 4. The monoisotopic (exact) mass is 1140 g/mol. The summed E-state index contributed by atoms with van der Waals surface area (Å²) in [5.41, 5.74) is 11.4. The summed E-state index contributed by atoms with van der Waals surface area (Å²) in [5.74, 6) is -11.5. The maximum atomic E-state index is 11.3. The van der Waals surface area contributed by atoms with Gasteiger partial charge in [-0.1, -0.05) is 146 Å². The van der Waals surface area contributed by atoms with Gasteiger partial charge in [0.25, 0.3) is 0 Å². The number of aliphatic carboxylic acids is 4. The van der Waals surface area contributed by atoms with Crippen LogP contribution in [0.2, 0.25) is 0 Å². The summed E-state index contributed by atoms with van der Waals surface area (Å²) in [6, 6.07) is 48.7. The summed E-state index contributed by atoms with van der Waals surface area (Å²) in [4.78, 5) is 45.1. The fourth-order valence-electron chi connectivity index (χ4n) is 7.54. The molecule has 0 aromatic heterocycles. The summed E-state index contributed by atoms with van der Waals surface area (Å²) in [7, 11) is 0. The molecule has 12 N–H and O–H groups in total. The van der Waals surface area contributed by atoms with Gasteiger partial charge in [0.2, 0.25) is 0 Å². The van der Waals surface area contributed by atoms with Crippen LogP contribution in [0, 0.1) is 0 Å². The average molecular weight is 1140 g/mol. The van der Waals surface area contributed by atoms with Crippen LogP contribution >= 0.6 is 0 Å². The molecule has 0 aliphatic heterocycles. The van der Waals surface area contributed by atoms with Gasteiger partial charge >= 0.3 is 76.2 Å². The van der Waals surface area contributed by atoms with E-state index in [1.165, 1.54) is 97.1 Å². The van der Waals surface area contributed by atoms with Crippen LogP contribution in [0.1, 0.15) is 68.2 Å². The third-order valence-corrected chi connectivity index (χ3v) is 11.1. The zero-order valence-electron chi connectivity index (χ0n) is 42.5. The summed E-state index contributed by atoms with van der Waals surface area (Å²) < 4.78 is 0. The number of phenols is 8. The molecule has 0 fully saturated rings. The van der Waals surface area contributed by atoms with E-state index in [0.29, 0.717) is 13.1 Å². The minimum absolute atomic E-state index is 0. The van der Waals surface area contributed by atoms with E-state index in [-0.39, 0.29) is 167 Å². The SMILES string of the molecule is NCCN.O=C([O-])C(c1ccccc1O)c1ccccc1O.O=C([O-])C(c1ccccc1O)c1ccccc1O.O=C([O-])C(c1ccccc1O)c1ccccc1O.O=C([O-])C(c1ccccc1O)c1ccccc1O.[Cu+2].[Na+].[Na+]. The van der Waals surface area contributed by atoms with Gasteiger partial charge in [-0.2, -0.15) is 0 Å². The Hall–Kier alpha value is -7.52. The van der Waals surface area contributed by atoms with E-state index in [4.69, 9.17) is 11.5 Å². The van der Waals surface area contributed by atoms with Crippen LogP contribution in [0.5, 0.6) is 46.0 Å². The number of nitrogens with two attached hydrogens (primary N) is 2. The normalized spacial score (nSPS) is 9.95. The number of carbonyl (C=O) groups is 4. The molecule has 0 saturated carbocycles. The Morgan fingerprint density at radius 1 is 0.278 bits per heavy atom. The number of carboxylic acid groups (broad SMARTS) is 4. The van der Waals surface area contributed by atoms with E-state index >= 15 is 0 Å². The van der Waals surface area contributed by atoms with Gasteiger partial charge in [0.15, 0.2) is 0 Å². The predicted octanol–water partition coefficient (Wildman–Crippen LogP) is -3.17. The molecule has 0 bridgehead atoms. The number of carbonyl (C=O) groups excluding carboxylic acids is 4. The van der Waals surface area contributed by atoms with Gasteiger partial charge < -0.3 is 91.9 Å². The van der Waals surface area contributed by atoms with Crippen LogP contribution in [0.3, 0.4) is 0 Å². The van der Waals surface area contributed by atoms with Gasteiger partial charge in [-0.3, -0.25) is 0 Å². The molecule has 21 heteroatoms. The van der Waals surface area contributed by atoms with Crippen molar-refractivity contribution in [3.63, 3.8) is 0 Å². The Bertz CT molecular complexity index is 2620. The van der Waals surface area contributed by atoms with Crippen molar-refractivity contribution >= 4 is 23.9 Å². The smallest absolute Gasteiger partial charge is 0.549 e. The topological polar surface area (TPSA) is 374 Å². The van der Waals surface area contributed by atoms with Crippen LogP contribution < -0.4 is 91.0 Å². The first-order valence-corrected chi connectivity index (χ1v) is 22.8. The zero-order chi connectivity index (χ0) is 55.9. The van der Waals surface area contributed by atoms with E-state index in [1.807, 2.05) is 0 Å². The van der Waals surface area contributed by atoms with Crippen LogP contribution in [0.4, 0.5) is 0 Å². The van der Waals surface area contributed by atoms with E-state index < -0.39 is 47.5 Å². The molecule has 18 nitrogen and oxygen atoms in total. The molecule has 1 radical (unpaired) electrons. The van der Waals surface area contributed by atoms with Gasteiger partial charge in [0.05, 0.1) is 47.5 Å². The van der Waals surface area contributed by atoms with Gasteiger partial charge in [-0.05, 0) is 48.5 Å². The number of hydrogen-bond acceptors (Lipinski definition) is 18. The number of aromatic hydroxyl groups is 8. The van der Waals surface area contributed by atoms with Crippen molar-refractivity contribution in [3.05, 3.63) is 239 Å².